The van der Waals surface area contributed by atoms with E-state index in [0.29, 0.717) is 12.8 Å². The van der Waals surface area contributed by atoms with Crippen molar-refractivity contribution in [3.05, 3.63) is 96.1 Å². The average Bonchev–Trinajstić information content (AvgIpc) is 2.86. The second kappa shape index (κ2) is 12.9. The molecule has 5 N–H and O–H groups in total. The molecule has 36 heavy (non-hydrogen) atoms. The summed E-state index contributed by atoms with van der Waals surface area (Å²) in [6.07, 6.45) is 1.72. The fraction of sp³-hybridized carbons (Fsp3) is 0.267. The number of benzene rings is 4. The maximum atomic E-state index is 12.2. The lowest BCUT2D eigenvalue weighted by Crippen LogP contribution is -2.50. The molecule has 2 unspecified atom stereocenters. The zero-order valence-electron chi connectivity index (χ0n) is 21.2. The molecule has 0 bridgehead atoms. The van der Waals surface area contributed by atoms with E-state index in [-0.39, 0.29) is 18.1 Å². The van der Waals surface area contributed by atoms with Crippen LogP contribution in [0.25, 0.3) is 21.5 Å². The van der Waals surface area contributed by atoms with Gasteiger partial charge in [0.2, 0.25) is 5.91 Å². The predicted octanol–water partition coefficient (Wildman–Crippen LogP) is 3.64. The van der Waals surface area contributed by atoms with Crippen LogP contribution in [0.5, 0.6) is 0 Å². The maximum Gasteiger partial charge on any atom is 0.238 e. The molecule has 0 aliphatic carbocycles. The van der Waals surface area contributed by atoms with Gasteiger partial charge in [0.05, 0.1) is 18.2 Å². The molecule has 6 nitrogen and oxygen atoms in total. The highest BCUT2D eigenvalue weighted by Crippen LogP contribution is 2.18. The minimum absolute atomic E-state index is 0.0387. The molecule has 188 valence electrons. The lowest BCUT2D eigenvalue weighted by molar-refractivity contribution is -0.126. The smallest absolute Gasteiger partial charge is 0.238 e. The van der Waals surface area contributed by atoms with E-state index in [1.807, 2.05) is 49.3 Å². The minimum atomic E-state index is -0.397. The standard InChI is InChI=1S/C17H23N3O.C13H13NO/c1-12(18)19-17(21)16(20(2)3)11-13-8-9-14-6-4-5-7-15(14)10-13;14-13(9-15)8-10-5-6-11-3-1-2-4-12(11)7-10/h4-10,12,16H,11,18H2,1-3H3,(H,19,21);1-7,9,13H,8,14H2/t;13-/m.1/s1. The molecule has 0 aliphatic rings. The number of aldehydes is 1. The summed E-state index contributed by atoms with van der Waals surface area (Å²) in [5.74, 6) is -0.0387. The Morgan fingerprint density at radius 2 is 1.28 bits per heavy atom. The quantitative estimate of drug-likeness (QED) is 0.262. The predicted molar refractivity (Wildman–Crippen MR) is 149 cm³/mol. The Labute approximate surface area is 213 Å². The first-order valence-corrected chi connectivity index (χ1v) is 12.2. The molecule has 0 saturated carbocycles. The summed E-state index contributed by atoms with van der Waals surface area (Å²) in [5, 5.41) is 7.58. The van der Waals surface area contributed by atoms with Crippen molar-refractivity contribution < 1.29 is 9.59 Å². The summed E-state index contributed by atoms with van der Waals surface area (Å²) in [5.41, 5.74) is 13.5. The van der Waals surface area contributed by atoms with Crippen LogP contribution in [-0.2, 0) is 22.4 Å². The fourth-order valence-electron chi connectivity index (χ4n) is 4.11. The van der Waals surface area contributed by atoms with E-state index in [1.54, 1.807) is 6.92 Å². The van der Waals surface area contributed by atoms with E-state index in [4.69, 9.17) is 11.5 Å². The molecule has 0 spiro atoms. The number of carbonyl (C=O) groups excluding carboxylic acids is 2. The number of fused-ring (bicyclic) bond motifs is 2. The van der Waals surface area contributed by atoms with Gasteiger partial charge in [0.1, 0.15) is 6.29 Å². The van der Waals surface area contributed by atoms with E-state index < -0.39 is 6.04 Å². The molecule has 3 atom stereocenters. The molecule has 0 aromatic heterocycles. The van der Waals surface area contributed by atoms with Gasteiger partial charge in [-0.3, -0.25) is 9.69 Å². The van der Waals surface area contributed by atoms with E-state index >= 15 is 0 Å². The molecular weight excluding hydrogens is 448 g/mol. The highest BCUT2D eigenvalue weighted by molar-refractivity contribution is 5.85. The maximum absolute atomic E-state index is 12.2. The van der Waals surface area contributed by atoms with Gasteiger partial charge in [-0.15, -0.1) is 0 Å². The normalized spacial score (nSPS) is 13.5. The number of carbonyl (C=O) groups is 2. The Morgan fingerprint density at radius 1 is 0.806 bits per heavy atom. The Balaban J connectivity index is 0.000000212. The van der Waals surface area contributed by atoms with Crippen molar-refractivity contribution in [1.29, 1.82) is 0 Å². The summed E-state index contributed by atoms with van der Waals surface area (Å²) in [6, 6.07) is 28.2. The lowest BCUT2D eigenvalue weighted by atomic mass is 10.0. The van der Waals surface area contributed by atoms with Gasteiger partial charge in [0.15, 0.2) is 0 Å². The van der Waals surface area contributed by atoms with Crippen LogP contribution in [-0.4, -0.2) is 49.4 Å². The number of rotatable bonds is 8. The van der Waals surface area contributed by atoms with Gasteiger partial charge in [-0.25, -0.2) is 0 Å². The zero-order valence-corrected chi connectivity index (χ0v) is 21.2. The Hall–Kier alpha value is -3.58. The minimum Gasteiger partial charge on any atom is -0.340 e. The molecular formula is C30H36N4O2. The van der Waals surface area contributed by atoms with Crippen LogP contribution < -0.4 is 16.8 Å². The van der Waals surface area contributed by atoms with E-state index in [0.717, 1.165) is 17.4 Å². The van der Waals surface area contributed by atoms with Crippen LogP contribution in [0.15, 0.2) is 84.9 Å². The van der Waals surface area contributed by atoms with Gasteiger partial charge in [-0.05, 0) is 66.5 Å². The molecule has 0 aliphatic heterocycles. The Bertz CT molecular complexity index is 1300. The van der Waals surface area contributed by atoms with Crippen LogP contribution in [0.4, 0.5) is 0 Å². The van der Waals surface area contributed by atoms with E-state index in [1.165, 1.54) is 21.5 Å². The molecule has 1 amide bonds. The first-order valence-electron chi connectivity index (χ1n) is 12.2. The van der Waals surface area contributed by atoms with Crippen LogP contribution in [0.3, 0.4) is 0 Å². The number of hydrogen-bond acceptors (Lipinski definition) is 5. The summed E-state index contributed by atoms with van der Waals surface area (Å²) in [6.45, 7) is 1.76. The average molecular weight is 485 g/mol. The third-order valence-corrected chi connectivity index (χ3v) is 6.00. The van der Waals surface area contributed by atoms with Crippen LogP contribution in [0.1, 0.15) is 18.1 Å². The zero-order chi connectivity index (χ0) is 26.1. The molecule has 0 radical (unpaired) electrons. The van der Waals surface area contributed by atoms with Gasteiger partial charge < -0.3 is 21.6 Å². The van der Waals surface area contributed by atoms with Crippen molar-refractivity contribution in [2.45, 2.75) is 38.0 Å². The first-order chi connectivity index (χ1) is 17.3. The number of nitrogens with zero attached hydrogens (tertiary/aromatic N) is 1. The van der Waals surface area contributed by atoms with Crippen molar-refractivity contribution in [2.24, 2.45) is 11.5 Å². The van der Waals surface area contributed by atoms with Gasteiger partial charge in [0, 0.05) is 0 Å². The van der Waals surface area contributed by atoms with Crippen molar-refractivity contribution in [1.82, 2.24) is 10.2 Å². The van der Waals surface area contributed by atoms with Crippen LogP contribution in [0.2, 0.25) is 0 Å². The van der Waals surface area contributed by atoms with Crippen LogP contribution in [0, 0.1) is 0 Å². The SMILES string of the molecule is CC(N)NC(=O)C(Cc1ccc2ccccc2c1)N(C)C.N[C@@H](C=O)Cc1ccc2ccccc2c1. The number of amides is 1. The third kappa shape index (κ3) is 7.71. The van der Waals surface area contributed by atoms with E-state index in [9.17, 15) is 9.59 Å². The Morgan fingerprint density at radius 3 is 1.72 bits per heavy atom. The summed E-state index contributed by atoms with van der Waals surface area (Å²) >= 11 is 0. The van der Waals surface area contributed by atoms with Gasteiger partial charge in [0.25, 0.3) is 0 Å². The summed E-state index contributed by atoms with van der Waals surface area (Å²) < 4.78 is 0. The Kier molecular flexibility index (Phi) is 9.70. The second-order valence-electron chi connectivity index (χ2n) is 9.35. The van der Waals surface area contributed by atoms with Crippen molar-refractivity contribution >= 4 is 33.7 Å². The summed E-state index contributed by atoms with van der Waals surface area (Å²) in [7, 11) is 3.82. The first kappa shape index (κ1) is 27.0. The van der Waals surface area contributed by atoms with Crippen molar-refractivity contribution in [2.75, 3.05) is 14.1 Å². The molecule has 4 aromatic carbocycles. The van der Waals surface area contributed by atoms with E-state index in [2.05, 4.69) is 59.9 Å². The summed E-state index contributed by atoms with van der Waals surface area (Å²) in [4.78, 5) is 24.6. The van der Waals surface area contributed by atoms with Crippen molar-refractivity contribution in [3.63, 3.8) is 0 Å². The molecule has 4 rings (SSSR count). The van der Waals surface area contributed by atoms with Gasteiger partial charge in [-0.2, -0.15) is 0 Å². The second-order valence-corrected chi connectivity index (χ2v) is 9.35. The third-order valence-electron chi connectivity index (χ3n) is 6.00. The molecule has 0 fully saturated rings. The molecule has 6 heteroatoms. The topological polar surface area (TPSA) is 101 Å². The number of nitrogens with one attached hydrogen (secondary N) is 1. The lowest BCUT2D eigenvalue weighted by Gasteiger charge is -2.24. The number of nitrogens with two attached hydrogens (primary N) is 2. The highest BCUT2D eigenvalue weighted by atomic mass is 16.2. The molecule has 4 aromatic rings. The number of hydrogen-bond donors (Lipinski definition) is 3. The fourth-order valence-corrected chi connectivity index (χ4v) is 4.11. The van der Waals surface area contributed by atoms with Gasteiger partial charge >= 0.3 is 0 Å². The number of likely N-dealkylation sites (N-methyl/N-ethyl adjacent to an activating group) is 1. The van der Waals surface area contributed by atoms with Crippen LogP contribution >= 0.6 is 0 Å². The molecule has 0 heterocycles. The highest BCUT2D eigenvalue weighted by Gasteiger charge is 2.21. The monoisotopic (exact) mass is 484 g/mol. The largest absolute Gasteiger partial charge is 0.340 e. The van der Waals surface area contributed by atoms with Crippen molar-refractivity contribution in [3.8, 4) is 0 Å². The van der Waals surface area contributed by atoms with Gasteiger partial charge in [-0.1, -0.05) is 84.9 Å². The molecule has 0 saturated heterocycles.